The lowest BCUT2D eigenvalue weighted by atomic mass is 9.97. The van der Waals surface area contributed by atoms with Gasteiger partial charge in [0.1, 0.15) is 12.4 Å². The molecule has 0 radical (unpaired) electrons. The first-order valence-corrected chi connectivity index (χ1v) is 10.8. The minimum atomic E-state index is -4.39. The van der Waals surface area contributed by atoms with Gasteiger partial charge in [-0.05, 0) is 75.5 Å². The quantitative estimate of drug-likeness (QED) is 0.521. The summed E-state index contributed by atoms with van der Waals surface area (Å²) in [7, 11) is 0. The van der Waals surface area contributed by atoms with Crippen LogP contribution in [-0.4, -0.2) is 29.4 Å². The lowest BCUT2D eigenvalue weighted by molar-refractivity contribution is -0.138. The van der Waals surface area contributed by atoms with Crippen molar-refractivity contribution in [1.29, 1.82) is 0 Å². The molecule has 0 bridgehead atoms. The number of ether oxygens (including phenoxy) is 1. The highest BCUT2D eigenvalue weighted by Gasteiger charge is 2.33. The molecule has 1 aliphatic heterocycles. The first-order valence-electron chi connectivity index (χ1n) is 10.8. The molecule has 2 aromatic carbocycles. The van der Waals surface area contributed by atoms with Crippen molar-refractivity contribution in [2.24, 2.45) is 0 Å². The van der Waals surface area contributed by atoms with Crippen molar-refractivity contribution in [1.82, 2.24) is 15.5 Å². The molecule has 0 saturated carbocycles. The van der Waals surface area contributed by atoms with E-state index in [1.54, 1.807) is 6.07 Å². The predicted molar refractivity (Wildman–Crippen MR) is 119 cm³/mol. The standard InChI is InChI=1S/C24H27F3N4O/c1-14-19(7-4-8-22(14)24(25,26)27)15(2)29-23-21-12-18(32-13-17-6-5-11-28-17)9-10-20(21)16(3)30-31-23/h4,7-10,12,15,17,28H,5-6,11,13H2,1-3H3,(H,29,31)/t15?,17-/m0/s1. The van der Waals surface area contributed by atoms with Crippen LogP contribution >= 0.6 is 0 Å². The molecule has 8 heteroatoms. The van der Waals surface area contributed by atoms with Crippen LogP contribution in [0.1, 0.15) is 48.2 Å². The van der Waals surface area contributed by atoms with Crippen molar-refractivity contribution >= 4 is 16.6 Å². The predicted octanol–water partition coefficient (Wildman–Crippen LogP) is 5.57. The number of anilines is 1. The number of fused-ring (bicyclic) bond motifs is 1. The highest BCUT2D eigenvalue weighted by molar-refractivity contribution is 5.94. The van der Waals surface area contributed by atoms with Crippen LogP contribution in [0.5, 0.6) is 5.75 Å². The van der Waals surface area contributed by atoms with Crippen LogP contribution in [-0.2, 0) is 6.18 Å². The molecule has 2 N–H and O–H groups in total. The maximum Gasteiger partial charge on any atom is 0.416 e. The fraction of sp³-hybridized carbons (Fsp3) is 0.417. The number of hydrogen-bond acceptors (Lipinski definition) is 5. The second-order valence-electron chi connectivity index (χ2n) is 8.33. The van der Waals surface area contributed by atoms with Crippen molar-refractivity contribution < 1.29 is 17.9 Å². The van der Waals surface area contributed by atoms with Gasteiger partial charge in [0.25, 0.3) is 0 Å². The fourth-order valence-electron chi connectivity index (χ4n) is 4.27. The van der Waals surface area contributed by atoms with E-state index in [9.17, 15) is 13.2 Å². The highest BCUT2D eigenvalue weighted by atomic mass is 19.4. The fourth-order valence-corrected chi connectivity index (χ4v) is 4.27. The van der Waals surface area contributed by atoms with E-state index in [-0.39, 0.29) is 5.56 Å². The molecule has 1 unspecified atom stereocenters. The Balaban J connectivity index is 1.62. The normalized spacial score (nSPS) is 17.5. The Morgan fingerprint density at radius 3 is 2.69 bits per heavy atom. The van der Waals surface area contributed by atoms with Gasteiger partial charge in [-0.1, -0.05) is 12.1 Å². The maximum absolute atomic E-state index is 13.3. The van der Waals surface area contributed by atoms with E-state index in [4.69, 9.17) is 4.74 Å². The molecule has 1 saturated heterocycles. The van der Waals surface area contributed by atoms with E-state index in [1.165, 1.54) is 13.0 Å². The number of hydrogen-bond donors (Lipinski definition) is 2. The van der Waals surface area contributed by atoms with E-state index in [1.807, 2.05) is 32.0 Å². The third-order valence-corrected chi connectivity index (χ3v) is 6.05. The monoisotopic (exact) mass is 444 g/mol. The third-order valence-electron chi connectivity index (χ3n) is 6.05. The lowest BCUT2D eigenvalue weighted by Gasteiger charge is -2.21. The Kier molecular flexibility index (Phi) is 6.24. The number of nitrogens with one attached hydrogen (secondary N) is 2. The second kappa shape index (κ2) is 8.94. The summed E-state index contributed by atoms with van der Waals surface area (Å²) in [5.74, 6) is 1.24. The first kappa shape index (κ1) is 22.3. The Labute approximate surface area is 185 Å². The molecule has 5 nitrogen and oxygen atoms in total. The van der Waals surface area contributed by atoms with Crippen molar-refractivity contribution in [2.45, 2.75) is 51.9 Å². The van der Waals surface area contributed by atoms with Gasteiger partial charge >= 0.3 is 6.18 Å². The summed E-state index contributed by atoms with van der Waals surface area (Å²) in [6.45, 7) is 6.80. The van der Waals surface area contributed by atoms with Gasteiger partial charge in [0.05, 0.1) is 17.3 Å². The molecule has 4 rings (SSSR count). The zero-order valence-electron chi connectivity index (χ0n) is 18.4. The van der Waals surface area contributed by atoms with Crippen LogP contribution in [0.2, 0.25) is 0 Å². The highest BCUT2D eigenvalue weighted by Crippen LogP contribution is 2.36. The topological polar surface area (TPSA) is 59.1 Å². The molecule has 170 valence electrons. The molecule has 1 aliphatic rings. The largest absolute Gasteiger partial charge is 0.492 e. The molecular weight excluding hydrogens is 417 g/mol. The average molecular weight is 445 g/mol. The van der Waals surface area contributed by atoms with Crippen molar-refractivity contribution in [3.05, 3.63) is 58.8 Å². The smallest absolute Gasteiger partial charge is 0.416 e. The molecule has 1 aromatic heterocycles. The second-order valence-corrected chi connectivity index (χ2v) is 8.33. The summed E-state index contributed by atoms with van der Waals surface area (Å²) >= 11 is 0. The van der Waals surface area contributed by atoms with E-state index in [0.29, 0.717) is 24.0 Å². The number of nitrogens with zero attached hydrogens (tertiary/aromatic N) is 2. The number of benzene rings is 2. The van der Waals surface area contributed by atoms with Crippen LogP contribution in [0.3, 0.4) is 0 Å². The summed E-state index contributed by atoms with van der Waals surface area (Å²) < 4.78 is 46.0. The van der Waals surface area contributed by atoms with Gasteiger partial charge in [0.2, 0.25) is 0 Å². The van der Waals surface area contributed by atoms with Crippen LogP contribution < -0.4 is 15.4 Å². The van der Waals surface area contributed by atoms with Crippen molar-refractivity contribution in [2.75, 3.05) is 18.5 Å². The van der Waals surface area contributed by atoms with E-state index in [2.05, 4.69) is 20.8 Å². The van der Waals surface area contributed by atoms with Crippen LogP contribution in [0.4, 0.5) is 19.0 Å². The molecule has 0 spiro atoms. The lowest BCUT2D eigenvalue weighted by Crippen LogP contribution is -2.28. The Bertz CT molecular complexity index is 1110. The van der Waals surface area contributed by atoms with E-state index < -0.39 is 17.8 Å². The Morgan fingerprint density at radius 2 is 1.97 bits per heavy atom. The van der Waals surface area contributed by atoms with Gasteiger partial charge in [0, 0.05) is 16.8 Å². The summed E-state index contributed by atoms with van der Waals surface area (Å²) in [5.41, 5.74) is 0.921. The Hall–Kier alpha value is -2.87. The molecule has 2 heterocycles. The van der Waals surface area contributed by atoms with Gasteiger partial charge in [0.15, 0.2) is 5.82 Å². The molecule has 3 aromatic rings. The molecule has 2 atom stereocenters. The molecular formula is C24H27F3N4O. The minimum absolute atomic E-state index is 0.206. The van der Waals surface area contributed by atoms with Crippen molar-refractivity contribution in [3.63, 3.8) is 0 Å². The number of rotatable bonds is 6. The number of alkyl halides is 3. The summed E-state index contributed by atoms with van der Waals surface area (Å²) in [5, 5.41) is 16.9. The van der Waals surface area contributed by atoms with Gasteiger partial charge in [-0.2, -0.15) is 18.3 Å². The zero-order valence-corrected chi connectivity index (χ0v) is 18.4. The summed E-state index contributed by atoms with van der Waals surface area (Å²) in [6, 6.07) is 9.98. The third kappa shape index (κ3) is 4.65. The van der Waals surface area contributed by atoms with Gasteiger partial charge in [-0.25, -0.2) is 0 Å². The van der Waals surface area contributed by atoms with E-state index in [0.717, 1.165) is 47.7 Å². The molecule has 0 amide bonds. The Morgan fingerprint density at radius 1 is 1.16 bits per heavy atom. The maximum atomic E-state index is 13.3. The summed E-state index contributed by atoms with van der Waals surface area (Å²) in [6.07, 6.45) is -2.14. The average Bonchev–Trinajstić information content (AvgIpc) is 3.27. The first-order chi connectivity index (χ1) is 15.2. The van der Waals surface area contributed by atoms with Crippen LogP contribution in [0.25, 0.3) is 10.8 Å². The minimum Gasteiger partial charge on any atom is -0.492 e. The van der Waals surface area contributed by atoms with Gasteiger partial charge < -0.3 is 15.4 Å². The van der Waals surface area contributed by atoms with E-state index >= 15 is 0 Å². The SMILES string of the molecule is Cc1c(C(C)Nc2nnc(C)c3ccc(OC[C@@H]4CCCN4)cc23)cccc1C(F)(F)F. The van der Waals surface area contributed by atoms with Crippen LogP contribution in [0, 0.1) is 13.8 Å². The van der Waals surface area contributed by atoms with Crippen molar-refractivity contribution in [3.8, 4) is 5.75 Å². The number of aryl methyl sites for hydroxylation is 1. The van der Waals surface area contributed by atoms with Gasteiger partial charge in [-0.15, -0.1) is 5.10 Å². The number of aromatic nitrogens is 2. The van der Waals surface area contributed by atoms with Crippen LogP contribution in [0.15, 0.2) is 36.4 Å². The number of halogens is 3. The summed E-state index contributed by atoms with van der Waals surface area (Å²) in [4.78, 5) is 0. The molecule has 1 fully saturated rings. The molecule has 32 heavy (non-hydrogen) atoms. The molecule has 0 aliphatic carbocycles. The van der Waals surface area contributed by atoms with Gasteiger partial charge in [-0.3, -0.25) is 0 Å². The zero-order chi connectivity index (χ0) is 22.9.